The maximum Gasteiger partial charge on any atom is 0.350 e. The minimum atomic E-state index is 0.287. The summed E-state index contributed by atoms with van der Waals surface area (Å²) in [4.78, 5) is 9.99. The van der Waals surface area contributed by atoms with Crippen LogP contribution in [0.25, 0.3) is 0 Å². The van der Waals surface area contributed by atoms with Gasteiger partial charge in [-0.25, -0.2) is 36.5 Å². The number of azo groups is 4. The van der Waals surface area contributed by atoms with Crippen LogP contribution in [-0.2, 0) is 104 Å². The van der Waals surface area contributed by atoms with Crippen molar-refractivity contribution in [2.75, 3.05) is 72.0 Å². The third-order valence-corrected chi connectivity index (χ3v) is 23.0. The molecule has 108 heavy (non-hydrogen) atoms. The fourth-order valence-electron chi connectivity index (χ4n) is 18.0. The molecule has 0 spiro atoms. The van der Waals surface area contributed by atoms with Gasteiger partial charge < -0.3 is 29.8 Å². The highest BCUT2D eigenvalue weighted by Crippen LogP contribution is 2.48. The van der Waals surface area contributed by atoms with Crippen LogP contribution in [0.2, 0.25) is 0 Å². The van der Waals surface area contributed by atoms with Crippen LogP contribution in [-0.4, -0.2) is 71.7 Å². The van der Waals surface area contributed by atoms with E-state index in [1.165, 1.54) is 108 Å². The number of benzene rings is 4. The molecule has 0 aliphatic carbocycles. The minimum absolute atomic E-state index is 0.287. The highest BCUT2D eigenvalue weighted by atomic mass is 16.3. The molecule has 8 aliphatic rings. The summed E-state index contributed by atoms with van der Waals surface area (Å²) in [7, 11) is 0. The number of aromatic hydroxyl groups is 2. The molecule has 18 rings (SSSR count). The van der Waals surface area contributed by atoms with Crippen LogP contribution in [0.4, 0.5) is 68.5 Å². The molecule has 552 valence electrons. The van der Waals surface area contributed by atoms with Gasteiger partial charge in [0.05, 0.1) is 67.6 Å². The summed E-state index contributed by atoms with van der Waals surface area (Å²) in [5.74, 6) is 2.25. The number of hydrogen-bond donors (Lipinski definition) is 2. The molecule has 0 atom stereocenters. The van der Waals surface area contributed by atoms with Crippen molar-refractivity contribution in [3.63, 3.8) is 0 Å². The fraction of sp³-hybridized carbons (Fsp3) is 0.419. The van der Waals surface area contributed by atoms with Gasteiger partial charge in [-0.05, 0) is 207 Å². The Morgan fingerprint density at radius 2 is 0.676 bits per heavy atom. The number of aryl methyl sites for hydroxylation is 14. The van der Waals surface area contributed by atoms with Gasteiger partial charge in [-0.3, -0.25) is 0 Å². The number of nitrogens with zero attached hydrogens (tertiary/aromatic N) is 20. The van der Waals surface area contributed by atoms with Gasteiger partial charge in [0, 0.05) is 136 Å². The zero-order chi connectivity index (χ0) is 72.5. The summed E-state index contributed by atoms with van der Waals surface area (Å²) in [6.07, 6.45) is 47.2. The third kappa shape index (κ3) is 16.0. The average Bonchev–Trinajstić information content (AvgIpc) is 0.889. The van der Waals surface area contributed by atoms with Gasteiger partial charge in [0.2, 0.25) is 12.7 Å². The summed E-state index contributed by atoms with van der Waals surface area (Å²) in [6, 6.07) is 33.3. The van der Waals surface area contributed by atoms with Gasteiger partial charge in [-0.2, -0.15) is 5.11 Å². The first-order valence-corrected chi connectivity index (χ1v) is 40.1. The lowest BCUT2D eigenvalue weighted by Crippen LogP contribution is -2.37. The zero-order valence-electron chi connectivity index (χ0n) is 62.5. The number of pyridine rings is 4. The van der Waals surface area contributed by atoms with E-state index in [-0.39, 0.29) is 11.5 Å². The number of aromatic nitrogens is 8. The highest BCUT2D eigenvalue weighted by molar-refractivity contribution is 5.76. The van der Waals surface area contributed by atoms with Gasteiger partial charge in [-0.1, -0.05) is 12.1 Å². The van der Waals surface area contributed by atoms with Crippen LogP contribution >= 0.6 is 0 Å². The van der Waals surface area contributed by atoms with Crippen LogP contribution in [0.3, 0.4) is 0 Å². The van der Waals surface area contributed by atoms with Crippen molar-refractivity contribution in [3.05, 3.63) is 216 Å². The molecule has 0 fully saturated rings. The molecule has 0 radical (unpaired) electrons. The summed E-state index contributed by atoms with van der Waals surface area (Å²) in [5, 5.41) is 59.3. The number of anilines is 4. The second kappa shape index (κ2) is 32.7. The van der Waals surface area contributed by atoms with Crippen molar-refractivity contribution in [2.24, 2.45) is 40.9 Å². The van der Waals surface area contributed by atoms with Crippen molar-refractivity contribution < 1.29 is 37.6 Å². The molecular weight excluding hydrogens is 1350 g/mol. The lowest BCUT2D eigenvalue weighted by Gasteiger charge is -2.37. The normalized spacial score (nSPS) is 16.3. The molecule has 8 aliphatic heterocycles. The Bertz CT molecular complexity index is 4970. The largest absolute Gasteiger partial charge is 0.505 e. The number of phenolic OH excluding ortho intramolecular Hbond substituents is 2. The summed E-state index contributed by atoms with van der Waals surface area (Å²) < 4.78 is 17.8. The average molecular weight is 1450 g/mol. The Morgan fingerprint density at radius 1 is 0.315 bits per heavy atom. The first kappa shape index (κ1) is 70.1. The van der Waals surface area contributed by atoms with Gasteiger partial charge in [0.15, 0.2) is 49.3 Å². The molecule has 0 amide bonds. The minimum Gasteiger partial charge on any atom is -0.505 e. The Balaban J connectivity index is 0.000000158. The maximum atomic E-state index is 11.1. The molecule has 0 saturated heterocycles. The number of rotatable bonds is 24. The van der Waals surface area contributed by atoms with Crippen molar-refractivity contribution in [1.82, 2.24) is 9.13 Å². The number of imidazole rings is 2. The molecule has 0 bridgehead atoms. The van der Waals surface area contributed by atoms with Crippen LogP contribution in [0.5, 0.6) is 11.5 Å². The van der Waals surface area contributed by atoms with E-state index >= 15 is 0 Å². The SMILES string of the molecule is Oc1c(N=Nc2ccc[n+](CCC[n+]3ccn(CCC[n+]4ccccc4N=Nc4cc5c6c(c4O)CCCN6CCC5)c3)c2)cc2c3c1CCCN3CCC2.c1cc[n+](CCCn2cc[n+](CCC[n+]3cccc(N=Nc4cc5c6c(c4)CCCN6CCC5)c3)c2)c(N=Nc2cc3c4c(c2)CCCN4CCC3)c1. The van der Waals surface area contributed by atoms with E-state index in [0.29, 0.717) is 11.4 Å². The molecule has 22 nitrogen and oxygen atoms in total. The summed E-state index contributed by atoms with van der Waals surface area (Å²) in [5.41, 5.74) is 20.6. The maximum absolute atomic E-state index is 11.1. The van der Waals surface area contributed by atoms with Gasteiger partial charge in [0.25, 0.3) is 0 Å². The van der Waals surface area contributed by atoms with E-state index in [1.807, 2.05) is 67.0 Å². The summed E-state index contributed by atoms with van der Waals surface area (Å²) in [6.45, 7) is 16.2. The highest BCUT2D eigenvalue weighted by Gasteiger charge is 2.32. The van der Waals surface area contributed by atoms with Crippen LogP contribution in [0.15, 0.2) is 213 Å². The van der Waals surface area contributed by atoms with E-state index in [4.69, 9.17) is 10.2 Å². The first-order valence-electron chi connectivity index (χ1n) is 40.1. The van der Waals surface area contributed by atoms with Crippen molar-refractivity contribution >= 4 is 68.5 Å². The van der Waals surface area contributed by atoms with E-state index < -0.39 is 0 Å². The smallest absolute Gasteiger partial charge is 0.350 e. The topological polar surface area (TPSA) is 185 Å². The standard InChI is InChI=1S/C43H49N10O2.C43H51N10/c54-42-35-13-6-23-52-21-3-10-32(40(35)52)28-37(42)45-44-34-12-5-16-48(30-34)17-8-18-49-26-27-50(31-49)19-9-25-51-20-2-1-15-39(51)47-46-38-29-33-11-4-22-53-24-7-14-36(41(33)53)43(38)55;1-2-20-51(41(15-1)47-46-40-30-36-12-5-23-53-24-6-13-37(31-40)43(36)53)25-9-19-50-27-26-49(33-50)18-8-17-48-16-7-14-38(32-48)44-45-39-28-34-10-3-21-52-22-4-11-35(29-39)42(34)52/h1-2,5,12,15-16,20,26-31H,3-4,6-11,13-14,17-19,21-25H2;1-2,7,14-16,20,26-33H,3-6,8-13,17-19,21-25H2/q+1;+3/p+2. The van der Waals surface area contributed by atoms with Crippen LogP contribution in [0.1, 0.15) is 122 Å². The fourth-order valence-corrected chi connectivity index (χ4v) is 18.0. The van der Waals surface area contributed by atoms with E-state index in [9.17, 15) is 10.2 Å². The molecule has 10 aromatic rings. The summed E-state index contributed by atoms with van der Waals surface area (Å²) >= 11 is 0. The van der Waals surface area contributed by atoms with Crippen LogP contribution < -0.4 is 47.0 Å². The molecule has 6 aromatic heterocycles. The number of phenols is 2. The van der Waals surface area contributed by atoms with E-state index in [0.717, 1.165) is 227 Å². The quantitative estimate of drug-likeness (QED) is 0.0448. The van der Waals surface area contributed by atoms with Gasteiger partial charge in [-0.15, -0.1) is 15.3 Å². The zero-order valence-corrected chi connectivity index (χ0v) is 62.5. The lowest BCUT2D eigenvalue weighted by atomic mass is 9.90. The predicted octanol–water partition coefficient (Wildman–Crippen LogP) is 14.9. The molecular formula is C86H102N20O2+6. The first-order chi connectivity index (χ1) is 53.3. The number of hydrogen-bond acceptors (Lipinski definition) is 14. The monoisotopic (exact) mass is 1450 g/mol. The molecule has 0 unspecified atom stereocenters. The van der Waals surface area contributed by atoms with Crippen molar-refractivity contribution in [2.45, 2.75) is 181 Å². The Labute approximate surface area is 633 Å². The van der Waals surface area contributed by atoms with Crippen molar-refractivity contribution in [3.8, 4) is 11.5 Å². The third-order valence-electron chi connectivity index (χ3n) is 23.0. The van der Waals surface area contributed by atoms with Gasteiger partial charge >= 0.3 is 11.6 Å². The van der Waals surface area contributed by atoms with Crippen molar-refractivity contribution in [1.29, 1.82) is 0 Å². The molecule has 4 aromatic carbocycles. The van der Waals surface area contributed by atoms with Gasteiger partial charge in [0.1, 0.15) is 53.3 Å². The molecule has 14 heterocycles. The predicted molar refractivity (Wildman–Crippen MR) is 415 cm³/mol. The van der Waals surface area contributed by atoms with E-state index in [2.05, 4.69) is 192 Å². The molecule has 0 saturated carbocycles. The second-order valence-corrected chi connectivity index (χ2v) is 30.6. The van der Waals surface area contributed by atoms with E-state index in [1.54, 1.807) is 0 Å². The Kier molecular flexibility index (Phi) is 21.2. The molecule has 22 heteroatoms. The Hall–Kier alpha value is -10.9. The lowest BCUT2D eigenvalue weighted by molar-refractivity contribution is -0.726. The second-order valence-electron chi connectivity index (χ2n) is 30.6. The Morgan fingerprint density at radius 3 is 1.12 bits per heavy atom. The van der Waals surface area contributed by atoms with Crippen LogP contribution in [0, 0.1) is 0 Å². The molecule has 2 N–H and O–H groups in total.